The number of allylic oxidation sites excluding steroid dienone is 1. The predicted octanol–water partition coefficient (Wildman–Crippen LogP) is 3.73. The van der Waals surface area contributed by atoms with Crippen LogP contribution in [0.25, 0.3) is 0 Å². The first-order chi connectivity index (χ1) is 6.83. The second-order valence-corrected chi connectivity index (χ2v) is 4.28. The Labute approximate surface area is 88.5 Å². The maximum absolute atomic E-state index is 3.76. The van der Waals surface area contributed by atoms with Crippen LogP contribution in [0.3, 0.4) is 0 Å². The topological polar surface area (TPSA) is 3.24 Å². The molecule has 0 radical (unpaired) electrons. The Bertz CT molecular complexity index is 183. The average Bonchev–Trinajstić information content (AvgIpc) is 2.10. The molecule has 80 valence electrons. The van der Waals surface area contributed by atoms with Crippen molar-refractivity contribution < 1.29 is 0 Å². The van der Waals surface area contributed by atoms with E-state index < -0.39 is 0 Å². The van der Waals surface area contributed by atoms with Gasteiger partial charge >= 0.3 is 0 Å². The summed E-state index contributed by atoms with van der Waals surface area (Å²) in [5.41, 5.74) is 1.63. The van der Waals surface area contributed by atoms with E-state index in [2.05, 4.69) is 24.7 Å². The highest BCUT2D eigenvalue weighted by molar-refractivity contribution is 5.02. The van der Waals surface area contributed by atoms with E-state index in [9.17, 15) is 0 Å². The summed E-state index contributed by atoms with van der Waals surface area (Å²) in [6, 6.07) is 0. The lowest BCUT2D eigenvalue weighted by Crippen LogP contribution is -2.11. The Kier molecular flexibility index (Phi) is 5.43. The molecule has 0 aromatic rings. The molecule has 14 heavy (non-hydrogen) atoms. The molecule has 0 aromatic heterocycles. The number of nitrogens with zero attached hydrogens (tertiary/aromatic N) is 1. The van der Waals surface area contributed by atoms with E-state index in [0.29, 0.717) is 0 Å². The van der Waals surface area contributed by atoms with Gasteiger partial charge in [0.15, 0.2) is 0 Å². The fraction of sp³-hybridized carbons (Fsp3) is 0.692. The molecule has 1 aliphatic rings. The molecule has 1 nitrogen and oxygen atoms in total. The Morgan fingerprint density at radius 1 is 1.14 bits per heavy atom. The summed E-state index contributed by atoms with van der Waals surface area (Å²) < 4.78 is 0. The molecule has 1 saturated carbocycles. The fourth-order valence-corrected chi connectivity index (χ4v) is 2.06. The number of hydrogen-bond acceptors (Lipinski definition) is 1. The highest BCUT2D eigenvalue weighted by Crippen LogP contribution is 2.21. The van der Waals surface area contributed by atoms with Crippen LogP contribution in [0.15, 0.2) is 24.4 Å². The van der Waals surface area contributed by atoms with Crippen molar-refractivity contribution in [1.29, 1.82) is 0 Å². The standard InChI is InChI=1S/C13H23N/c1-3-11-14(2)12-13-9-7-5-4-6-8-10-13/h3,12H,1,4-11H2,2H3. The molecule has 0 N–H and O–H groups in total. The van der Waals surface area contributed by atoms with Gasteiger partial charge in [0.05, 0.1) is 0 Å². The minimum Gasteiger partial charge on any atom is -0.377 e. The first-order valence-corrected chi connectivity index (χ1v) is 5.83. The summed E-state index contributed by atoms with van der Waals surface area (Å²) in [5, 5.41) is 0. The molecular weight excluding hydrogens is 170 g/mol. The molecule has 0 aromatic carbocycles. The molecule has 0 aliphatic heterocycles. The van der Waals surface area contributed by atoms with E-state index in [1.807, 2.05) is 6.08 Å². The third-order valence-electron chi connectivity index (χ3n) is 2.82. The lowest BCUT2D eigenvalue weighted by molar-refractivity contribution is 0.489. The number of likely N-dealkylation sites (N-methyl/N-ethyl adjacent to an activating group) is 1. The van der Waals surface area contributed by atoms with Gasteiger partial charge in [0, 0.05) is 13.6 Å². The largest absolute Gasteiger partial charge is 0.377 e. The van der Waals surface area contributed by atoms with E-state index in [0.717, 1.165) is 6.54 Å². The SMILES string of the molecule is C=CCN(C)C=C1CCCCCCC1. The molecule has 0 bridgehead atoms. The van der Waals surface area contributed by atoms with E-state index in [4.69, 9.17) is 0 Å². The second kappa shape index (κ2) is 6.69. The number of rotatable bonds is 3. The zero-order valence-electron chi connectivity index (χ0n) is 9.47. The van der Waals surface area contributed by atoms with Gasteiger partial charge in [-0.25, -0.2) is 0 Å². The first kappa shape index (κ1) is 11.4. The van der Waals surface area contributed by atoms with Gasteiger partial charge in [-0.1, -0.05) is 30.9 Å². The molecule has 0 saturated heterocycles. The van der Waals surface area contributed by atoms with Crippen LogP contribution in [0.2, 0.25) is 0 Å². The lowest BCUT2D eigenvalue weighted by Gasteiger charge is -2.17. The first-order valence-electron chi connectivity index (χ1n) is 5.83. The summed E-state index contributed by atoms with van der Waals surface area (Å²) in [7, 11) is 2.13. The van der Waals surface area contributed by atoms with Gasteiger partial charge in [0.1, 0.15) is 0 Å². The van der Waals surface area contributed by atoms with Gasteiger partial charge < -0.3 is 4.90 Å². The Hall–Kier alpha value is -0.720. The quantitative estimate of drug-likeness (QED) is 0.617. The molecule has 0 unspecified atom stereocenters. The summed E-state index contributed by atoms with van der Waals surface area (Å²) in [6.45, 7) is 4.72. The second-order valence-electron chi connectivity index (χ2n) is 4.28. The van der Waals surface area contributed by atoms with Gasteiger partial charge in [0.25, 0.3) is 0 Å². The zero-order chi connectivity index (χ0) is 10.2. The van der Waals surface area contributed by atoms with Crippen molar-refractivity contribution in [3.8, 4) is 0 Å². The van der Waals surface area contributed by atoms with Crippen molar-refractivity contribution in [1.82, 2.24) is 4.90 Å². The van der Waals surface area contributed by atoms with Crippen molar-refractivity contribution in [3.05, 3.63) is 24.4 Å². The van der Waals surface area contributed by atoms with Crippen LogP contribution in [-0.4, -0.2) is 18.5 Å². The normalized spacial score (nSPS) is 18.2. The fourth-order valence-electron chi connectivity index (χ4n) is 2.06. The van der Waals surface area contributed by atoms with Crippen LogP contribution in [-0.2, 0) is 0 Å². The molecule has 1 rings (SSSR count). The van der Waals surface area contributed by atoms with Gasteiger partial charge in [0.2, 0.25) is 0 Å². The van der Waals surface area contributed by atoms with Crippen molar-refractivity contribution in [3.63, 3.8) is 0 Å². The molecule has 0 heterocycles. The molecular formula is C13H23N. The van der Waals surface area contributed by atoms with Gasteiger partial charge in [-0.05, 0) is 31.9 Å². The van der Waals surface area contributed by atoms with E-state index >= 15 is 0 Å². The third-order valence-corrected chi connectivity index (χ3v) is 2.82. The monoisotopic (exact) mass is 193 g/mol. The number of hydrogen-bond donors (Lipinski definition) is 0. The van der Waals surface area contributed by atoms with E-state index in [1.54, 1.807) is 5.57 Å². The zero-order valence-corrected chi connectivity index (χ0v) is 9.47. The molecule has 0 amide bonds. The highest BCUT2D eigenvalue weighted by Gasteiger charge is 2.03. The Morgan fingerprint density at radius 2 is 1.71 bits per heavy atom. The lowest BCUT2D eigenvalue weighted by atomic mass is 9.97. The van der Waals surface area contributed by atoms with Gasteiger partial charge in [-0.3, -0.25) is 0 Å². The smallest absolute Gasteiger partial charge is 0.0348 e. The predicted molar refractivity (Wildman–Crippen MR) is 63.2 cm³/mol. The van der Waals surface area contributed by atoms with Crippen molar-refractivity contribution >= 4 is 0 Å². The van der Waals surface area contributed by atoms with Crippen molar-refractivity contribution in [2.45, 2.75) is 44.9 Å². The summed E-state index contributed by atoms with van der Waals surface area (Å²) >= 11 is 0. The van der Waals surface area contributed by atoms with Crippen LogP contribution in [0, 0.1) is 0 Å². The van der Waals surface area contributed by atoms with Crippen molar-refractivity contribution in [2.24, 2.45) is 0 Å². The minimum absolute atomic E-state index is 0.962. The summed E-state index contributed by atoms with van der Waals surface area (Å²) in [5.74, 6) is 0. The molecule has 1 heteroatoms. The Balaban J connectivity index is 2.41. The van der Waals surface area contributed by atoms with E-state index in [1.165, 1.54) is 44.9 Å². The van der Waals surface area contributed by atoms with Crippen LogP contribution in [0.1, 0.15) is 44.9 Å². The maximum Gasteiger partial charge on any atom is 0.0348 e. The van der Waals surface area contributed by atoms with Crippen LogP contribution >= 0.6 is 0 Å². The van der Waals surface area contributed by atoms with Crippen LogP contribution in [0.4, 0.5) is 0 Å². The third kappa shape index (κ3) is 4.50. The summed E-state index contributed by atoms with van der Waals surface area (Å²) in [6.07, 6.45) is 13.9. The average molecular weight is 193 g/mol. The summed E-state index contributed by atoms with van der Waals surface area (Å²) in [4.78, 5) is 2.24. The molecule has 1 aliphatic carbocycles. The van der Waals surface area contributed by atoms with Crippen LogP contribution in [0.5, 0.6) is 0 Å². The van der Waals surface area contributed by atoms with E-state index in [-0.39, 0.29) is 0 Å². The Morgan fingerprint density at radius 3 is 2.29 bits per heavy atom. The van der Waals surface area contributed by atoms with Gasteiger partial charge in [-0.15, -0.1) is 6.58 Å². The maximum atomic E-state index is 3.76. The molecule has 0 spiro atoms. The van der Waals surface area contributed by atoms with Crippen molar-refractivity contribution in [2.75, 3.05) is 13.6 Å². The highest BCUT2D eigenvalue weighted by atomic mass is 15.1. The minimum atomic E-state index is 0.962. The molecule has 0 atom stereocenters. The molecule has 1 fully saturated rings. The van der Waals surface area contributed by atoms with Crippen LogP contribution < -0.4 is 0 Å². The van der Waals surface area contributed by atoms with Gasteiger partial charge in [-0.2, -0.15) is 0 Å².